The number of carbonyl (C=O) groups is 2. The molecule has 162 valence electrons. The molecular weight excluding hydrogens is 412 g/mol. The van der Waals surface area contributed by atoms with Gasteiger partial charge in [0.05, 0.1) is 19.4 Å². The number of rotatable bonds is 8. The Bertz CT molecular complexity index is 1080. The van der Waals surface area contributed by atoms with Crippen LogP contribution in [0.2, 0.25) is 0 Å². The van der Waals surface area contributed by atoms with E-state index < -0.39 is 0 Å². The predicted molar refractivity (Wildman–Crippen MR) is 123 cm³/mol. The molecule has 2 amide bonds. The summed E-state index contributed by atoms with van der Waals surface area (Å²) in [4.78, 5) is 30.6. The Morgan fingerprint density at radius 3 is 2.71 bits per heavy atom. The minimum absolute atomic E-state index is 0.0395. The number of ether oxygens (including phenoxy) is 1. The van der Waals surface area contributed by atoms with Gasteiger partial charge in [-0.3, -0.25) is 14.2 Å². The van der Waals surface area contributed by atoms with Crippen LogP contribution in [-0.4, -0.2) is 52.7 Å². The van der Waals surface area contributed by atoms with Crippen molar-refractivity contribution in [3.63, 3.8) is 0 Å². The number of hydrogen-bond donors (Lipinski definition) is 1. The lowest BCUT2D eigenvalue weighted by atomic mass is 10.1. The molecule has 0 unspecified atom stereocenters. The first kappa shape index (κ1) is 22.4. The number of hydrogen-bond acceptors (Lipinski definition) is 5. The zero-order valence-electron chi connectivity index (χ0n) is 18.1. The van der Waals surface area contributed by atoms with Crippen LogP contribution in [-0.2, 0) is 9.59 Å². The Balaban J connectivity index is 1.55. The molecule has 0 saturated carbocycles. The van der Waals surface area contributed by atoms with Gasteiger partial charge in [0.1, 0.15) is 5.75 Å². The van der Waals surface area contributed by atoms with Crippen LogP contribution in [0.1, 0.15) is 11.1 Å². The van der Waals surface area contributed by atoms with Crippen molar-refractivity contribution in [2.75, 3.05) is 31.8 Å². The van der Waals surface area contributed by atoms with Crippen LogP contribution in [0.4, 0.5) is 5.69 Å². The molecule has 31 heavy (non-hydrogen) atoms. The van der Waals surface area contributed by atoms with Gasteiger partial charge < -0.3 is 15.0 Å². The smallest absolute Gasteiger partial charge is 0.243 e. The average molecular weight is 439 g/mol. The number of carbonyl (C=O) groups excluding carboxylic acids is 2. The van der Waals surface area contributed by atoms with Gasteiger partial charge in [-0.2, -0.15) is 0 Å². The van der Waals surface area contributed by atoms with Crippen LogP contribution >= 0.6 is 11.8 Å². The highest BCUT2D eigenvalue weighted by atomic mass is 32.2. The molecule has 0 fully saturated rings. The van der Waals surface area contributed by atoms with Crippen molar-refractivity contribution in [1.82, 2.24) is 14.5 Å². The number of aromatic nitrogens is 2. The monoisotopic (exact) mass is 438 g/mol. The highest BCUT2D eigenvalue weighted by molar-refractivity contribution is 7.99. The number of amides is 2. The average Bonchev–Trinajstić information content (AvgIpc) is 3.22. The highest BCUT2D eigenvalue weighted by Crippen LogP contribution is 2.22. The van der Waals surface area contributed by atoms with Crippen molar-refractivity contribution in [2.24, 2.45) is 0 Å². The summed E-state index contributed by atoms with van der Waals surface area (Å²) in [6, 6.07) is 13.3. The molecule has 1 aromatic heterocycles. The van der Waals surface area contributed by atoms with Gasteiger partial charge in [0.15, 0.2) is 5.16 Å². The molecule has 0 saturated heterocycles. The molecule has 3 rings (SSSR count). The fraction of sp³-hybridized carbons (Fsp3) is 0.261. The minimum atomic E-state index is -0.272. The summed E-state index contributed by atoms with van der Waals surface area (Å²) in [5.74, 6) is 0.411. The molecule has 0 aliphatic rings. The van der Waals surface area contributed by atoms with E-state index >= 15 is 0 Å². The number of methoxy groups -OCH3 is 1. The fourth-order valence-corrected chi connectivity index (χ4v) is 3.82. The molecule has 0 spiro atoms. The van der Waals surface area contributed by atoms with Crippen molar-refractivity contribution in [3.8, 4) is 11.4 Å². The van der Waals surface area contributed by atoms with Crippen LogP contribution in [0.5, 0.6) is 5.75 Å². The van der Waals surface area contributed by atoms with Crippen molar-refractivity contribution in [3.05, 3.63) is 66.0 Å². The minimum Gasteiger partial charge on any atom is -0.497 e. The van der Waals surface area contributed by atoms with E-state index in [2.05, 4.69) is 36.3 Å². The summed E-state index contributed by atoms with van der Waals surface area (Å²) in [5.41, 5.74) is 4.04. The van der Waals surface area contributed by atoms with E-state index in [1.165, 1.54) is 27.8 Å². The number of nitrogens with zero attached hydrogens (tertiary/aromatic N) is 3. The standard InChI is InChI=1S/C23H26N4O3S/c1-16-8-9-19(12-17(16)2)27-11-10-24-23(27)31-15-22(29)26(3)14-21(28)25-18-6-5-7-20(13-18)30-4/h5-13H,14-15H2,1-4H3,(H,25,28). The number of aryl methyl sites for hydroxylation is 2. The van der Waals surface area contributed by atoms with Gasteiger partial charge >= 0.3 is 0 Å². The third-order valence-electron chi connectivity index (χ3n) is 4.86. The Morgan fingerprint density at radius 1 is 1.16 bits per heavy atom. The number of benzene rings is 2. The summed E-state index contributed by atoms with van der Waals surface area (Å²) < 4.78 is 7.11. The maximum Gasteiger partial charge on any atom is 0.243 e. The van der Waals surface area contributed by atoms with Crippen molar-refractivity contribution < 1.29 is 14.3 Å². The van der Waals surface area contributed by atoms with Gasteiger partial charge in [-0.1, -0.05) is 23.9 Å². The first-order valence-corrected chi connectivity index (χ1v) is 10.8. The van der Waals surface area contributed by atoms with E-state index in [9.17, 15) is 9.59 Å². The molecule has 2 aromatic carbocycles. The lowest BCUT2D eigenvalue weighted by Crippen LogP contribution is -2.36. The molecule has 7 nitrogen and oxygen atoms in total. The lowest BCUT2D eigenvalue weighted by Gasteiger charge is -2.17. The number of likely N-dealkylation sites (N-methyl/N-ethyl adjacent to an activating group) is 1. The number of nitrogens with one attached hydrogen (secondary N) is 1. The van der Waals surface area contributed by atoms with Gasteiger partial charge in [-0.25, -0.2) is 4.98 Å². The quantitative estimate of drug-likeness (QED) is 0.543. The number of anilines is 1. The molecule has 0 bridgehead atoms. The summed E-state index contributed by atoms with van der Waals surface area (Å²) in [6.07, 6.45) is 3.59. The van der Waals surface area contributed by atoms with Crippen molar-refractivity contribution in [2.45, 2.75) is 19.0 Å². The van der Waals surface area contributed by atoms with E-state index in [0.29, 0.717) is 11.4 Å². The fourth-order valence-electron chi connectivity index (χ4n) is 2.91. The van der Waals surface area contributed by atoms with Gasteiger partial charge in [-0.15, -0.1) is 0 Å². The summed E-state index contributed by atoms with van der Waals surface area (Å²) >= 11 is 1.34. The van der Waals surface area contributed by atoms with E-state index in [0.717, 1.165) is 10.8 Å². The molecule has 0 aliphatic heterocycles. The second-order valence-corrected chi connectivity index (χ2v) is 8.11. The maximum atomic E-state index is 12.5. The Kier molecular flexibility index (Phi) is 7.36. The topological polar surface area (TPSA) is 76.5 Å². The molecule has 0 radical (unpaired) electrons. The van der Waals surface area contributed by atoms with Crippen LogP contribution in [0.15, 0.2) is 60.0 Å². The largest absolute Gasteiger partial charge is 0.497 e. The van der Waals surface area contributed by atoms with Gasteiger partial charge in [0, 0.05) is 36.9 Å². The number of imidazole rings is 1. The number of thioether (sulfide) groups is 1. The third-order valence-corrected chi connectivity index (χ3v) is 5.81. The molecule has 8 heteroatoms. The highest BCUT2D eigenvalue weighted by Gasteiger charge is 2.16. The molecule has 0 aliphatic carbocycles. The SMILES string of the molecule is COc1cccc(NC(=O)CN(C)C(=O)CSc2nccn2-c2ccc(C)c(C)c2)c1. The van der Waals surface area contributed by atoms with E-state index in [1.54, 1.807) is 44.6 Å². The van der Waals surface area contributed by atoms with Crippen LogP contribution < -0.4 is 10.1 Å². The molecule has 0 atom stereocenters. The Labute approximate surface area is 186 Å². The molecule has 1 heterocycles. The summed E-state index contributed by atoms with van der Waals surface area (Å²) in [5, 5.41) is 3.50. The predicted octanol–water partition coefficient (Wildman–Crippen LogP) is 3.69. The van der Waals surface area contributed by atoms with E-state index in [1.807, 2.05) is 16.8 Å². The first-order valence-electron chi connectivity index (χ1n) is 9.79. The Hall–Kier alpha value is -3.26. The van der Waals surface area contributed by atoms with Gasteiger partial charge in [0.25, 0.3) is 0 Å². The van der Waals surface area contributed by atoms with E-state index in [-0.39, 0.29) is 24.1 Å². The van der Waals surface area contributed by atoms with Crippen LogP contribution in [0.3, 0.4) is 0 Å². The summed E-state index contributed by atoms with van der Waals surface area (Å²) in [7, 11) is 3.18. The Morgan fingerprint density at radius 2 is 1.97 bits per heavy atom. The van der Waals surface area contributed by atoms with Crippen LogP contribution in [0.25, 0.3) is 5.69 Å². The molecule has 1 N–H and O–H groups in total. The molecule has 3 aromatic rings. The normalized spacial score (nSPS) is 10.6. The second-order valence-electron chi connectivity index (χ2n) is 7.17. The molecular formula is C23H26N4O3S. The first-order chi connectivity index (χ1) is 14.9. The van der Waals surface area contributed by atoms with Crippen LogP contribution in [0, 0.1) is 13.8 Å². The van der Waals surface area contributed by atoms with Crippen molar-refractivity contribution >= 4 is 29.3 Å². The zero-order valence-corrected chi connectivity index (χ0v) is 18.9. The third kappa shape index (κ3) is 5.88. The van der Waals surface area contributed by atoms with E-state index in [4.69, 9.17) is 4.74 Å². The van der Waals surface area contributed by atoms with Gasteiger partial charge in [-0.05, 0) is 49.2 Å². The van der Waals surface area contributed by atoms with Crippen molar-refractivity contribution in [1.29, 1.82) is 0 Å². The summed E-state index contributed by atoms with van der Waals surface area (Å²) in [6.45, 7) is 4.10. The zero-order chi connectivity index (χ0) is 22.4. The van der Waals surface area contributed by atoms with Gasteiger partial charge in [0.2, 0.25) is 11.8 Å². The second kappa shape index (κ2) is 10.2. The maximum absolute atomic E-state index is 12.5. The lowest BCUT2D eigenvalue weighted by molar-refractivity contribution is -0.131.